The average molecular weight is 464 g/mol. The number of nitrogens with one attached hydrogen (secondary N) is 1. The van der Waals surface area contributed by atoms with Gasteiger partial charge in [0.25, 0.3) is 0 Å². The average Bonchev–Trinajstić information content (AvgIpc) is 3.39. The van der Waals surface area contributed by atoms with E-state index in [2.05, 4.69) is 23.4 Å². The molecule has 0 saturated heterocycles. The summed E-state index contributed by atoms with van der Waals surface area (Å²) in [7, 11) is 0. The van der Waals surface area contributed by atoms with Gasteiger partial charge in [-0.25, -0.2) is 9.97 Å². The fourth-order valence-electron chi connectivity index (χ4n) is 4.53. The van der Waals surface area contributed by atoms with Crippen LogP contribution in [0.5, 0.6) is 0 Å². The highest BCUT2D eigenvalue weighted by molar-refractivity contribution is 7.99. The molecule has 0 bridgehead atoms. The predicted molar refractivity (Wildman–Crippen MR) is 129 cm³/mol. The Morgan fingerprint density at radius 2 is 1.94 bits per heavy atom. The van der Waals surface area contributed by atoms with Gasteiger partial charge < -0.3 is 5.32 Å². The first-order chi connectivity index (χ1) is 16.1. The van der Waals surface area contributed by atoms with Crippen LogP contribution in [-0.4, -0.2) is 47.1 Å². The highest BCUT2D eigenvalue weighted by Crippen LogP contribution is 2.24. The number of amides is 1. The second kappa shape index (κ2) is 9.51. The maximum atomic E-state index is 12.6. The third-order valence-electron chi connectivity index (χ3n) is 6.15. The predicted octanol–water partition coefficient (Wildman–Crippen LogP) is 3.87. The van der Waals surface area contributed by atoms with Crippen LogP contribution in [0.1, 0.15) is 49.3 Å². The zero-order valence-electron chi connectivity index (χ0n) is 19.1. The first kappa shape index (κ1) is 21.9. The molecule has 3 aromatic heterocycles. The second-order valence-electron chi connectivity index (χ2n) is 8.77. The number of thioether (sulfide) groups is 1. The van der Waals surface area contributed by atoms with Crippen LogP contribution in [0.2, 0.25) is 0 Å². The number of carbonyl (C=O) groups is 1. The minimum atomic E-state index is 0.0554. The molecule has 4 aromatic rings. The Bertz CT molecular complexity index is 1290. The van der Waals surface area contributed by atoms with E-state index < -0.39 is 0 Å². The van der Waals surface area contributed by atoms with Gasteiger partial charge in [-0.05, 0) is 44.9 Å². The number of para-hydroxylation sites is 1. The molecule has 1 saturated carbocycles. The SMILES string of the molecule is Cc1cc(C)n(CCc2nc3c4ccccc4nc(SCC(=O)NC4CCCCC4)n3n2)n1. The first-order valence-corrected chi connectivity index (χ1v) is 12.6. The summed E-state index contributed by atoms with van der Waals surface area (Å²) < 4.78 is 3.78. The number of benzene rings is 1. The summed E-state index contributed by atoms with van der Waals surface area (Å²) in [6.07, 6.45) is 6.50. The zero-order valence-corrected chi connectivity index (χ0v) is 19.9. The lowest BCUT2D eigenvalue weighted by atomic mass is 9.95. The number of rotatable bonds is 7. The van der Waals surface area contributed by atoms with Crippen molar-refractivity contribution in [2.24, 2.45) is 0 Å². The number of aryl methyl sites for hydroxylation is 4. The van der Waals surface area contributed by atoms with E-state index in [0.29, 0.717) is 29.9 Å². The van der Waals surface area contributed by atoms with Gasteiger partial charge in [0, 0.05) is 30.1 Å². The van der Waals surface area contributed by atoms with Gasteiger partial charge in [-0.15, -0.1) is 5.10 Å². The molecule has 33 heavy (non-hydrogen) atoms. The second-order valence-corrected chi connectivity index (χ2v) is 9.71. The van der Waals surface area contributed by atoms with Gasteiger partial charge in [0.1, 0.15) is 0 Å². The van der Waals surface area contributed by atoms with Crippen LogP contribution < -0.4 is 5.32 Å². The van der Waals surface area contributed by atoms with Crippen LogP contribution in [0.4, 0.5) is 0 Å². The minimum Gasteiger partial charge on any atom is -0.353 e. The molecular weight excluding hydrogens is 434 g/mol. The first-order valence-electron chi connectivity index (χ1n) is 11.6. The van der Waals surface area contributed by atoms with Crippen molar-refractivity contribution >= 4 is 34.2 Å². The highest BCUT2D eigenvalue weighted by atomic mass is 32.2. The fraction of sp³-hybridized carbons (Fsp3) is 0.458. The number of carbonyl (C=O) groups excluding carboxylic acids is 1. The van der Waals surface area contributed by atoms with Crippen molar-refractivity contribution in [2.45, 2.75) is 70.1 Å². The van der Waals surface area contributed by atoms with Gasteiger partial charge in [-0.3, -0.25) is 9.48 Å². The maximum absolute atomic E-state index is 12.6. The van der Waals surface area contributed by atoms with Gasteiger partial charge in [0.15, 0.2) is 16.6 Å². The maximum Gasteiger partial charge on any atom is 0.230 e. The van der Waals surface area contributed by atoms with E-state index >= 15 is 0 Å². The van der Waals surface area contributed by atoms with E-state index in [1.807, 2.05) is 35.9 Å². The number of aromatic nitrogens is 6. The summed E-state index contributed by atoms with van der Waals surface area (Å²) in [5.74, 6) is 1.12. The Morgan fingerprint density at radius 1 is 1.12 bits per heavy atom. The van der Waals surface area contributed by atoms with Crippen molar-refractivity contribution in [2.75, 3.05) is 5.75 Å². The summed E-state index contributed by atoms with van der Waals surface area (Å²) in [6, 6.07) is 10.3. The monoisotopic (exact) mass is 463 g/mol. The lowest BCUT2D eigenvalue weighted by Crippen LogP contribution is -2.37. The molecule has 8 nitrogen and oxygen atoms in total. The summed E-state index contributed by atoms with van der Waals surface area (Å²) in [6.45, 7) is 4.77. The third kappa shape index (κ3) is 4.88. The Balaban J connectivity index is 1.37. The molecule has 1 aliphatic rings. The third-order valence-corrected chi connectivity index (χ3v) is 7.08. The van der Waals surface area contributed by atoms with Crippen molar-refractivity contribution in [1.29, 1.82) is 0 Å². The Hall–Kier alpha value is -2.94. The van der Waals surface area contributed by atoms with Crippen LogP contribution in [0, 0.1) is 13.8 Å². The van der Waals surface area contributed by atoms with Crippen molar-refractivity contribution in [3.63, 3.8) is 0 Å². The summed E-state index contributed by atoms with van der Waals surface area (Å²) in [5, 5.41) is 14.1. The van der Waals surface area contributed by atoms with E-state index in [0.717, 1.165) is 46.6 Å². The fourth-order valence-corrected chi connectivity index (χ4v) is 5.28. The zero-order chi connectivity index (χ0) is 22.8. The van der Waals surface area contributed by atoms with Crippen molar-refractivity contribution in [3.8, 4) is 0 Å². The minimum absolute atomic E-state index is 0.0554. The summed E-state index contributed by atoms with van der Waals surface area (Å²) in [5.41, 5.74) is 3.77. The van der Waals surface area contributed by atoms with Crippen LogP contribution in [-0.2, 0) is 17.8 Å². The molecular formula is C24H29N7OS. The topological polar surface area (TPSA) is 90.0 Å². The van der Waals surface area contributed by atoms with Crippen molar-refractivity contribution < 1.29 is 4.79 Å². The Morgan fingerprint density at radius 3 is 2.73 bits per heavy atom. The van der Waals surface area contributed by atoms with Crippen LogP contribution in [0.25, 0.3) is 16.6 Å². The molecule has 5 rings (SSSR count). The molecule has 1 amide bonds. The Kier molecular flexibility index (Phi) is 6.30. The molecule has 3 heterocycles. The Labute approximate surface area is 197 Å². The molecule has 9 heteroatoms. The highest BCUT2D eigenvalue weighted by Gasteiger charge is 2.18. The molecule has 1 N–H and O–H groups in total. The van der Waals surface area contributed by atoms with Gasteiger partial charge in [0.05, 0.1) is 17.0 Å². The van der Waals surface area contributed by atoms with Crippen molar-refractivity contribution in [1.82, 2.24) is 34.7 Å². The molecule has 0 atom stereocenters. The van der Waals surface area contributed by atoms with Crippen LogP contribution >= 0.6 is 11.8 Å². The van der Waals surface area contributed by atoms with Crippen molar-refractivity contribution in [3.05, 3.63) is 47.5 Å². The quantitative estimate of drug-likeness (QED) is 0.330. The molecule has 1 aliphatic carbocycles. The number of hydrogen-bond acceptors (Lipinski definition) is 6. The number of fused-ring (bicyclic) bond motifs is 3. The summed E-state index contributed by atoms with van der Waals surface area (Å²) >= 11 is 1.41. The smallest absolute Gasteiger partial charge is 0.230 e. The van der Waals surface area contributed by atoms with Gasteiger partial charge in [-0.2, -0.15) is 9.61 Å². The molecule has 0 spiro atoms. The molecule has 1 aromatic carbocycles. The summed E-state index contributed by atoms with van der Waals surface area (Å²) in [4.78, 5) is 22.2. The number of nitrogens with zero attached hydrogens (tertiary/aromatic N) is 6. The molecule has 0 aliphatic heterocycles. The van der Waals surface area contributed by atoms with E-state index in [-0.39, 0.29) is 5.91 Å². The van der Waals surface area contributed by atoms with Crippen LogP contribution in [0.15, 0.2) is 35.5 Å². The van der Waals surface area contributed by atoms with Gasteiger partial charge in [0.2, 0.25) is 5.91 Å². The lowest BCUT2D eigenvalue weighted by Gasteiger charge is -2.22. The van der Waals surface area contributed by atoms with E-state index in [1.54, 1.807) is 4.52 Å². The normalized spacial score (nSPS) is 14.8. The largest absolute Gasteiger partial charge is 0.353 e. The molecule has 0 unspecified atom stereocenters. The van der Waals surface area contributed by atoms with E-state index in [9.17, 15) is 4.79 Å². The lowest BCUT2D eigenvalue weighted by molar-refractivity contribution is -0.119. The molecule has 1 fully saturated rings. The standard InChI is InChI=1S/C24H29N7OS/c1-16-14-17(2)30(28-16)13-12-21-27-23-19-10-6-7-11-20(19)26-24(31(23)29-21)33-15-22(32)25-18-8-4-3-5-9-18/h6-7,10-11,14,18H,3-5,8-9,12-13,15H2,1-2H3,(H,25,32). The molecule has 0 radical (unpaired) electrons. The van der Waals surface area contributed by atoms with Crippen LogP contribution in [0.3, 0.4) is 0 Å². The van der Waals surface area contributed by atoms with E-state index in [1.165, 1.54) is 31.0 Å². The van der Waals surface area contributed by atoms with E-state index in [4.69, 9.17) is 15.1 Å². The van der Waals surface area contributed by atoms with Gasteiger partial charge in [-0.1, -0.05) is 43.2 Å². The molecule has 172 valence electrons. The number of hydrogen-bond donors (Lipinski definition) is 1. The van der Waals surface area contributed by atoms with Gasteiger partial charge >= 0.3 is 0 Å².